The minimum atomic E-state index is -0.334. The smallest absolute Gasteiger partial charge is 0.277 e. The number of rotatable bonds is 9. The molecule has 0 atom stereocenters. The van der Waals surface area contributed by atoms with E-state index in [1.54, 1.807) is 6.21 Å². The zero-order valence-corrected chi connectivity index (χ0v) is 20.1. The molecule has 0 saturated carbocycles. The van der Waals surface area contributed by atoms with Crippen molar-refractivity contribution in [3.8, 4) is 11.5 Å². The highest BCUT2D eigenvalue weighted by Crippen LogP contribution is 2.27. The molecule has 0 fully saturated rings. The molecule has 0 radical (unpaired) electrons. The summed E-state index contributed by atoms with van der Waals surface area (Å²) in [5, 5.41) is 4.08. The number of hydrogen-bond acceptors (Lipinski definition) is 4. The average Bonchev–Trinajstić information content (AvgIpc) is 2.77. The van der Waals surface area contributed by atoms with Gasteiger partial charge in [-0.1, -0.05) is 72.2 Å². The zero-order chi connectivity index (χ0) is 22.9. The fraction of sp³-hybridized carbons (Fsp3) is 0.231. The lowest BCUT2D eigenvalue weighted by atomic mass is 10.0. The van der Waals surface area contributed by atoms with E-state index < -0.39 is 0 Å². The lowest BCUT2D eigenvalue weighted by Gasteiger charge is -2.14. The van der Waals surface area contributed by atoms with E-state index in [1.165, 1.54) is 0 Å². The van der Waals surface area contributed by atoms with Crippen molar-refractivity contribution in [1.82, 2.24) is 5.43 Å². The summed E-state index contributed by atoms with van der Waals surface area (Å²) < 4.78 is 12.6. The van der Waals surface area contributed by atoms with Crippen LogP contribution in [0.15, 0.2) is 76.3 Å². The molecule has 0 heterocycles. The number of nitrogens with one attached hydrogen (secondary N) is 1. The van der Waals surface area contributed by atoms with Crippen molar-refractivity contribution in [3.63, 3.8) is 0 Å². The summed E-state index contributed by atoms with van der Waals surface area (Å²) in [6.07, 6.45) is 1.56. The molecular weight excluding hydrogens is 468 g/mol. The summed E-state index contributed by atoms with van der Waals surface area (Å²) in [6.45, 7) is 6.51. The SMILES string of the molecule is Cc1ccc(C(C)C)c(OCC(=O)N/N=C/c2cc(Br)ccc2OCc2ccccc2)c1. The number of hydrazone groups is 1. The van der Waals surface area contributed by atoms with Crippen molar-refractivity contribution in [2.45, 2.75) is 33.3 Å². The van der Waals surface area contributed by atoms with Crippen molar-refractivity contribution < 1.29 is 14.3 Å². The molecule has 0 aliphatic rings. The normalized spacial score (nSPS) is 11.0. The van der Waals surface area contributed by atoms with E-state index >= 15 is 0 Å². The number of ether oxygens (including phenoxy) is 2. The van der Waals surface area contributed by atoms with E-state index in [4.69, 9.17) is 9.47 Å². The van der Waals surface area contributed by atoms with E-state index in [9.17, 15) is 4.79 Å². The van der Waals surface area contributed by atoms with E-state index in [-0.39, 0.29) is 12.5 Å². The van der Waals surface area contributed by atoms with Crippen LogP contribution in [0.4, 0.5) is 0 Å². The Kier molecular flexibility index (Phi) is 8.45. The quantitative estimate of drug-likeness (QED) is 0.293. The van der Waals surface area contributed by atoms with Crippen LogP contribution in [0.1, 0.15) is 42.0 Å². The molecule has 0 aliphatic heterocycles. The monoisotopic (exact) mass is 494 g/mol. The van der Waals surface area contributed by atoms with Crippen LogP contribution < -0.4 is 14.9 Å². The number of nitrogens with zero attached hydrogens (tertiary/aromatic N) is 1. The largest absolute Gasteiger partial charge is 0.488 e. The Morgan fingerprint density at radius 1 is 1.03 bits per heavy atom. The first-order valence-electron chi connectivity index (χ1n) is 10.4. The third kappa shape index (κ3) is 6.95. The fourth-order valence-corrected chi connectivity index (χ4v) is 3.46. The molecule has 166 valence electrons. The second-order valence-electron chi connectivity index (χ2n) is 7.73. The maximum Gasteiger partial charge on any atom is 0.277 e. The predicted molar refractivity (Wildman–Crippen MR) is 131 cm³/mol. The van der Waals surface area contributed by atoms with Gasteiger partial charge < -0.3 is 9.47 Å². The van der Waals surface area contributed by atoms with Crippen LogP contribution >= 0.6 is 15.9 Å². The van der Waals surface area contributed by atoms with Gasteiger partial charge in [-0.15, -0.1) is 0 Å². The molecule has 0 aromatic heterocycles. The van der Waals surface area contributed by atoms with Gasteiger partial charge in [-0.05, 0) is 53.8 Å². The van der Waals surface area contributed by atoms with Crippen LogP contribution in [-0.4, -0.2) is 18.7 Å². The van der Waals surface area contributed by atoms with Crippen LogP contribution in [0.3, 0.4) is 0 Å². The first-order chi connectivity index (χ1) is 15.4. The highest BCUT2D eigenvalue weighted by molar-refractivity contribution is 9.10. The lowest BCUT2D eigenvalue weighted by molar-refractivity contribution is -0.123. The first-order valence-corrected chi connectivity index (χ1v) is 11.2. The number of amides is 1. The predicted octanol–water partition coefficient (Wildman–Crippen LogP) is 5.99. The molecule has 0 spiro atoms. The van der Waals surface area contributed by atoms with Crippen molar-refractivity contribution in [2.24, 2.45) is 5.10 Å². The lowest BCUT2D eigenvalue weighted by Crippen LogP contribution is -2.25. The second-order valence-corrected chi connectivity index (χ2v) is 8.65. The van der Waals surface area contributed by atoms with Crippen LogP contribution in [0.5, 0.6) is 11.5 Å². The van der Waals surface area contributed by atoms with Crippen molar-refractivity contribution in [1.29, 1.82) is 0 Å². The van der Waals surface area contributed by atoms with E-state index in [1.807, 2.05) is 73.7 Å². The summed E-state index contributed by atoms with van der Waals surface area (Å²) in [5.74, 6) is 1.37. The van der Waals surface area contributed by atoms with Crippen molar-refractivity contribution in [2.75, 3.05) is 6.61 Å². The van der Waals surface area contributed by atoms with Gasteiger partial charge in [0.15, 0.2) is 6.61 Å². The Hall–Kier alpha value is -3.12. The first kappa shape index (κ1) is 23.5. The Labute approximate surface area is 197 Å². The summed E-state index contributed by atoms with van der Waals surface area (Å²) in [7, 11) is 0. The maximum atomic E-state index is 12.2. The van der Waals surface area contributed by atoms with Crippen LogP contribution in [-0.2, 0) is 11.4 Å². The molecule has 1 amide bonds. The molecule has 1 N–H and O–H groups in total. The van der Waals surface area contributed by atoms with Crippen LogP contribution in [0, 0.1) is 6.92 Å². The number of benzene rings is 3. The van der Waals surface area contributed by atoms with Gasteiger partial charge in [0.2, 0.25) is 0 Å². The van der Waals surface area contributed by atoms with Gasteiger partial charge in [-0.25, -0.2) is 5.43 Å². The van der Waals surface area contributed by atoms with E-state index in [0.29, 0.717) is 18.3 Å². The van der Waals surface area contributed by atoms with E-state index in [0.717, 1.165) is 32.5 Å². The minimum Gasteiger partial charge on any atom is -0.488 e. The number of aryl methyl sites for hydroxylation is 1. The average molecular weight is 495 g/mol. The minimum absolute atomic E-state index is 0.115. The summed E-state index contributed by atoms with van der Waals surface area (Å²) >= 11 is 3.46. The molecule has 3 aromatic rings. The molecule has 32 heavy (non-hydrogen) atoms. The van der Waals surface area contributed by atoms with Gasteiger partial charge in [-0.2, -0.15) is 5.10 Å². The molecule has 5 nitrogen and oxygen atoms in total. The molecule has 0 bridgehead atoms. The Morgan fingerprint density at radius 2 is 1.81 bits per heavy atom. The number of hydrogen-bond donors (Lipinski definition) is 1. The Balaban J connectivity index is 1.59. The highest BCUT2D eigenvalue weighted by atomic mass is 79.9. The van der Waals surface area contributed by atoms with E-state index in [2.05, 4.69) is 40.3 Å². The molecule has 3 rings (SSSR count). The molecule has 0 aliphatic carbocycles. The van der Waals surface area contributed by atoms with Gasteiger partial charge in [0.1, 0.15) is 18.1 Å². The fourth-order valence-electron chi connectivity index (χ4n) is 3.08. The summed E-state index contributed by atoms with van der Waals surface area (Å²) in [6, 6.07) is 21.6. The molecule has 0 unspecified atom stereocenters. The van der Waals surface area contributed by atoms with Gasteiger partial charge in [0.25, 0.3) is 5.91 Å². The summed E-state index contributed by atoms with van der Waals surface area (Å²) in [4.78, 5) is 12.2. The van der Waals surface area contributed by atoms with Crippen molar-refractivity contribution in [3.05, 3.63) is 93.5 Å². The van der Waals surface area contributed by atoms with Crippen molar-refractivity contribution >= 4 is 28.1 Å². The molecular formula is C26H27BrN2O3. The van der Waals surface area contributed by atoms with Crippen LogP contribution in [0.25, 0.3) is 0 Å². The standard InChI is InChI=1S/C26H27BrN2O3/c1-18(2)23-11-9-19(3)13-25(23)32-17-26(30)29-28-15-21-14-22(27)10-12-24(21)31-16-20-7-5-4-6-8-20/h4-15,18H,16-17H2,1-3H3,(H,29,30)/b28-15+. The number of carbonyl (C=O) groups excluding carboxylic acids is 1. The Bertz CT molecular complexity index is 1080. The number of halogens is 1. The highest BCUT2D eigenvalue weighted by Gasteiger charge is 2.10. The third-order valence-electron chi connectivity index (χ3n) is 4.75. The van der Waals surface area contributed by atoms with Gasteiger partial charge in [0, 0.05) is 10.0 Å². The molecule has 6 heteroatoms. The summed E-state index contributed by atoms with van der Waals surface area (Å²) in [5.41, 5.74) is 6.49. The Morgan fingerprint density at radius 3 is 2.56 bits per heavy atom. The van der Waals surface area contributed by atoms with Gasteiger partial charge >= 0.3 is 0 Å². The molecule has 3 aromatic carbocycles. The zero-order valence-electron chi connectivity index (χ0n) is 18.5. The molecule has 0 saturated heterocycles. The second kappa shape index (κ2) is 11.5. The maximum absolute atomic E-state index is 12.2. The van der Waals surface area contributed by atoms with Crippen LogP contribution in [0.2, 0.25) is 0 Å². The number of carbonyl (C=O) groups is 1. The third-order valence-corrected chi connectivity index (χ3v) is 5.24. The van der Waals surface area contributed by atoms with Gasteiger partial charge in [-0.3, -0.25) is 4.79 Å². The topological polar surface area (TPSA) is 59.9 Å². The van der Waals surface area contributed by atoms with Gasteiger partial charge in [0.05, 0.1) is 6.21 Å².